The van der Waals surface area contributed by atoms with Gasteiger partial charge in [0, 0.05) is 57.6 Å². The number of benzene rings is 1. The molecule has 1 aromatic carbocycles. The van der Waals surface area contributed by atoms with E-state index in [1.54, 1.807) is 0 Å². The molecule has 160 valence electrons. The van der Waals surface area contributed by atoms with E-state index < -0.39 is 10.0 Å². The molecular formula is C21H31N3O4S. The van der Waals surface area contributed by atoms with Crippen LogP contribution in [0.3, 0.4) is 0 Å². The third-order valence-electron chi connectivity index (χ3n) is 6.65. The molecule has 0 bridgehead atoms. The second-order valence-corrected chi connectivity index (χ2v) is 10.4. The summed E-state index contributed by atoms with van der Waals surface area (Å²) in [5.41, 5.74) is 2.55. The summed E-state index contributed by atoms with van der Waals surface area (Å²) in [5.74, 6) is 1.16. The van der Waals surface area contributed by atoms with Crippen molar-refractivity contribution in [2.45, 2.75) is 32.2 Å². The van der Waals surface area contributed by atoms with Crippen molar-refractivity contribution in [1.82, 2.24) is 14.1 Å². The minimum Gasteiger partial charge on any atom is -0.493 e. The van der Waals surface area contributed by atoms with Gasteiger partial charge in [-0.2, -0.15) is 0 Å². The number of piperazine rings is 1. The number of amides is 1. The lowest BCUT2D eigenvalue weighted by atomic mass is 9.96. The van der Waals surface area contributed by atoms with Crippen LogP contribution in [0.25, 0.3) is 0 Å². The summed E-state index contributed by atoms with van der Waals surface area (Å²) in [6, 6.07) is 6.84. The van der Waals surface area contributed by atoms with Gasteiger partial charge in [-0.05, 0) is 37.0 Å². The fourth-order valence-electron chi connectivity index (χ4n) is 4.68. The molecule has 1 unspecified atom stereocenters. The largest absolute Gasteiger partial charge is 0.493 e. The van der Waals surface area contributed by atoms with E-state index in [1.165, 1.54) is 21.7 Å². The van der Waals surface area contributed by atoms with E-state index in [9.17, 15) is 13.2 Å². The maximum atomic E-state index is 12.9. The highest BCUT2D eigenvalue weighted by Gasteiger charge is 2.33. The smallest absolute Gasteiger partial charge is 0.225 e. The van der Waals surface area contributed by atoms with Gasteiger partial charge in [0.1, 0.15) is 5.75 Å². The lowest BCUT2D eigenvalue weighted by Crippen LogP contribution is -2.52. The van der Waals surface area contributed by atoms with Crippen LogP contribution in [0, 0.1) is 5.92 Å². The van der Waals surface area contributed by atoms with Crippen LogP contribution in [0.1, 0.15) is 36.9 Å². The first-order valence-corrected chi connectivity index (χ1v) is 12.4. The average Bonchev–Trinajstić information content (AvgIpc) is 3.20. The summed E-state index contributed by atoms with van der Waals surface area (Å²) in [4.78, 5) is 17.3. The normalized spacial score (nSPS) is 22.9. The second-order valence-electron chi connectivity index (χ2n) is 8.44. The van der Waals surface area contributed by atoms with Crippen molar-refractivity contribution in [3.8, 4) is 5.75 Å². The summed E-state index contributed by atoms with van der Waals surface area (Å²) in [6.45, 7) is 7.07. The van der Waals surface area contributed by atoms with Gasteiger partial charge < -0.3 is 9.64 Å². The first-order valence-electron chi connectivity index (χ1n) is 10.6. The van der Waals surface area contributed by atoms with Crippen molar-refractivity contribution in [3.63, 3.8) is 0 Å². The predicted octanol–water partition coefficient (Wildman–Crippen LogP) is 1.50. The molecular weight excluding hydrogens is 390 g/mol. The molecule has 3 heterocycles. The Morgan fingerprint density at radius 2 is 1.79 bits per heavy atom. The van der Waals surface area contributed by atoms with Gasteiger partial charge in [0.15, 0.2) is 0 Å². The molecule has 2 fully saturated rings. The molecule has 0 aliphatic carbocycles. The maximum Gasteiger partial charge on any atom is 0.225 e. The Labute approximate surface area is 173 Å². The lowest BCUT2D eigenvalue weighted by Gasteiger charge is -2.40. The number of nitrogens with zero attached hydrogens (tertiary/aromatic N) is 3. The number of ether oxygens (including phenoxy) is 1. The van der Waals surface area contributed by atoms with Gasteiger partial charge in [-0.3, -0.25) is 9.69 Å². The number of rotatable bonds is 4. The third-order valence-corrected chi connectivity index (χ3v) is 7.95. The zero-order valence-corrected chi connectivity index (χ0v) is 18.2. The number of fused-ring (bicyclic) bond motifs is 1. The lowest BCUT2D eigenvalue weighted by molar-refractivity contribution is -0.138. The van der Waals surface area contributed by atoms with E-state index >= 15 is 0 Å². The van der Waals surface area contributed by atoms with Gasteiger partial charge in [0.25, 0.3) is 0 Å². The third kappa shape index (κ3) is 4.44. The molecule has 1 aromatic rings. The van der Waals surface area contributed by atoms with Crippen LogP contribution in [-0.4, -0.2) is 80.6 Å². The number of carbonyl (C=O) groups excluding carboxylic acids is 1. The Balaban J connectivity index is 1.29. The van der Waals surface area contributed by atoms with E-state index in [4.69, 9.17) is 4.74 Å². The monoisotopic (exact) mass is 421 g/mol. The van der Waals surface area contributed by atoms with Crippen LogP contribution in [0.5, 0.6) is 5.75 Å². The van der Waals surface area contributed by atoms with Gasteiger partial charge >= 0.3 is 0 Å². The Hall–Kier alpha value is -1.64. The van der Waals surface area contributed by atoms with Crippen molar-refractivity contribution in [1.29, 1.82) is 0 Å². The van der Waals surface area contributed by atoms with Crippen molar-refractivity contribution in [3.05, 3.63) is 29.3 Å². The Morgan fingerprint density at radius 1 is 1.10 bits per heavy atom. The molecule has 29 heavy (non-hydrogen) atoms. The second kappa shape index (κ2) is 8.24. The fraction of sp³-hybridized carbons (Fsp3) is 0.667. The van der Waals surface area contributed by atoms with Crippen molar-refractivity contribution < 1.29 is 17.9 Å². The maximum absolute atomic E-state index is 12.9. The van der Waals surface area contributed by atoms with Gasteiger partial charge in [0.2, 0.25) is 15.9 Å². The van der Waals surface area contributed by atoms with Crippen LogP contribution in [0.2, 0.25) is 0 Å². The zero-order chi connectivity index (χ0) is 20.6. The number of hydrogen-bond acceptors (Lipinski definition) is 5. The van der Waals surface area contributed by atoms with Gasteiger partial charge in [-0.15, -0.1) is 0 Å². The minimum atomic E-state index is -3.15. The van der Waals surface area contributed by atoms with E-state index in [-0.39, 0.29) is 11.8 Å². The first-order chi connectivity index (χ1) is 13.8. The van der Waals surface area contributed by atoms with Gasteiger partial charge in [0.05, 0.1) is 12.9 Å². The summed E-state index contributed by atoms with van der Waals surface area (Å²) >= 11 is 0. The van der Waals surface area contributed by atoms with Crippen LogP contribution < -0.4 is 4.74 Å². The molecule has 8 heteroatoms. The Bertz CT molecular complexity index is 857. The quantitative estimate of drug-likeness (QED) is 0.737. The van der Waals surface area contributed by atoms with Crippen molar-refractivity contribution in [2.75, 3.05) is 52.1 Å². The first kappa shape index (κ1) is 20.6. The molecule has 2 saturated heterocycles. The molecule has 3 aliphatic rings. The highest BCUT2D eigenvalue weighted by Crippen LogP contribution is 2.31. The molecule has 1 amide bonds. The van der Waals surface area contributed by atoms with Gasteiger partial charge in [-0.1, -0.05) is 12.1 Å². The van der Waals surface area contributed by atoms with Crippen LogP contribution in [-0.2, 0) is 21.2 Å². The minimum absolute atomic E-state index is 0.0502. The molecule has 0 saturated carbocycles. The number of carbonyl (C=O) groups is 1. The average molecular weight is 422 g/mol. The highest BCUT2D eigenvalue weighted by molar-refractivity contribution is 7.88. The predicted molar refractivity (Wildman–Crippen MR) is 111 cm³/mol. The number of sulfonamides is 1. The van der Waals surface area contributed by atoms with E-state index in [1.807, 2.05) is 4.90 Å². The molecule has 1 atom stereocenters. The molecule has 3 aliphatic heterocycles. The Kier molecular flexibility index (Phi) is 5.86. The molecule has 0 radical (unpaired) electrons. The van der Waals surface area contributed by atoms with Crippen LogP contribution in [0.4, 0.5) is 0 Å². The molecule has 4 rings (SSSR count). The van der Waals surface area contributed by atoms with Crippen molar-refractivity contribution >= 4 is 15.9 Å². The Morgan fingerprint density at radius 3 is 2.45 bits per heavy atom. The summed E-state index contributed by atoms with van der Waals surface area (Å²) in [5, 5.41) is 0. The van der Waals surface area contributed by atoms with Crippen LogP contribution >= 0.6 is 0 Å². The SMILES string of the molecule is CC(c1ccc2c(c1)OCC2)N1CCN(C(=O)C2CCN(S(C)(=O)=O)CC2)CC1. The van der Waals surface area contributed by atoms with E-state index in [0.717, 1.165) is 45.0 Å². The standard InChI is InChI=1S/C21H31N3O4S/c1-16(19-4-3-17-7-14-28-20(17)15-19)22-10-12-23(13-11-22)21(25)18-5-8-24(9-6-18)29(2,26)27/h3-4,15-16,18H,5-14H2,1-2H3. The van der Waals surface area contributed by atoms with Crippen molar-refractivity contribution in [2.24, 2.45) is 5.92 Å². The zero-order valence-electron chi connectivity index (χ0n) is 17.3. The molecule has 0 spiro atoms. The molecule has 0 aromatic heterocycles. The van der Waals surface area contributed by atoms with E-state index in [2.05, 4.69) is 30.0 Å². The van der Waals surface area contributed by atoms with Crippen LogP contribution in [0.15, 0.2) is 18.2 Å². The summed E-state index contributed by atoms with van der Waals surface area (Å²) in [6.07, 6.45) is 3.48. The van der Waals surface area contributed by atoms with E-state index in [0.29, 0.717) is 32.0 Å². The highest BCUT2D eigenvalue weighted by atomic mass is 32.2. The number of hydrogen-bond donors (Lipinski definition) is 0. The fourth-order valence-corrected chi connectivity index (χ4v) is 5.55. The summed E-state index contributed by atoms with van der Waals surface area (Å²) in [7, 11) is -3.15. The van der Waals surface area contributed by atoms with Gasteiger partial charge in [-0.25, -0.2) is 12.7 Å². The summed E-state index contributed by atoms with van der Waals surface area (Å²) < 4.78 is 30.5. The topological polar surface area (TPSA) is 70.2 Å². The molecule has 7 nitrogen and oxygen atoms in total. The number of piperidine rings is 1. The molecule has 0 N–H and O–H groups in total.